The van der Waals surface area contributed by atoms with Crippen molar-refractivity contribution < 1.29 is 24.3 Å². The van der Waals surface area contributed by atoms with E-state index in [1.54, 1.807) is 38.1 Å². The van der Waals surface area contributed by atoms with Crippen LogP contribution in [0.2, 0.25) is 0 Å². The number of carboxylic acid groups (broad SMARTS) is 1. The summed E-state index contributed by atoms with van der Waals surface area (Å²) in [5, 5.41) is 7.59. The Morgan fingerprint density at radius 1 is 1.24 bits per heavy atom. The normalized spacial score (nSPS) is 14.0. The van der Waals surface area contributed by atoms with Crippen molar-refractivity contribution in [1.29, 1.82) is 0 Å². The second kappa shape index (κ2) is 6.71. The molecule has 0 aromatic heterocycles. The van der Waals surface area contributed by atoms with Gasteiger partial charge in [0.05, 0.1) is 5.16 Å². The Bertz CT molecular complexity index is 533. The molecule has 6 nitrogen and oxygen atoms in total. The van der Waals surface area contributed by atoms with Crippen LogP contribution in [0, 0.1) is 0 Å². The minimum atomic E-state index is -4.31. The van der Waals surface area contributed by atoms with Crippen molar-refractivity contribution in [3.8, 4) is 0 Å². The van der Waals surface area contributed by atoms with Crippen molar-refractivity contribution in [2.75, 3.05) is 0 Å². The number of carbonyl (C=O) groups is 1. The first-order valence-corrected chi connectivity index (χ1v) is 8.42. The summed E-state index contributed by atoms with van der Waals surface area (Å²) < 4.78 is 11.9. The lowest BCUT2D eigenvalue weighted by Crippen LogP contribution is -2.32. The van der Waals surface area contributed by atoms with Crippen LogP contribution in [0.4, 0.5) is 0 Å². The summed E-state index contributed by atoms with van der Waals surface area (Å²) in [5.74, 6) is -1.08. The van der Waals surface area contributed by atoms with Crippen LogP contribution in [-0.2, 0) is 20.9 Å². The third-order valence-corrected chi connectivity index (χ3v) is 6.00. The fourth-order valence-electron chi connectivity index (χ4n) is 2.53. The topological polar surface area (TPSA) is 121 Å². The van der Waals surface area contributed by atoms with Gasteiger partial charge in [-0.15, -0.1) is 0 Å². The number of carboxylic acids is 1. The van der Waals surface area contributed by atoms with E-state index in [0.29, 0.717) is 18.4 Å². The first-order chi connectivity index (χ1) is 9.67. The number of rotatable bonds is 7. The summed E-state index contributed by atoms with van der Waals surface area (Å²) in [6.45, 7) is 3.49. The van der Waals surface area contributed by atoms with Crippen LogP contribution in [0.25, 0.3) is 0 Å². The highest BCUT2D eigenvalue weighted by molar-refractivity contribution is 7.53. The molecule has 1 aromatic rings. The quantitative estimate of drug-likeness (QED) is 0.570. The van der Waals surface area contributed by atoms with Gasteiger partial charge in [0.25, 0.3) is 0 Å². The van der Waals surface area contributed by atoms with Crippen molar-refractivity contribution in [2.45, 2.75) is 44.3 Å². The Kier molecular flexibility index (Phi) is 5.70. The smallest absolute Gasteiger partial charge is 0.335 e. The Morgan fingerprint density at radius 2 is 1.71 bits per heavy atom. The second-order valence-electron chi connectivity index (χ2n) is 5.13. The van der Waals surface area contributed by atoms with Crippen LogP contribution in [-0.4, -0.2) is 26.9 Å². The van der Waals surface area contributed by atoms with E-state index in [4.69, 9.17) is 10.8 Å². The van der Waals surface area contributed by atoms with Gasteiger partial charge in [0.1, 0.15) is 6.04 Å². The molecule has 1 atom stereocenters. The van der Waals surface area contributed by atoms with E-state index in [1.165, 1.54) is 0 Å². The molecule has 0 spiro atoms. The van der Waals surface area contributed by atoms with Gasteiger partial charge in [-0.05, 0) is 30.4 Å². The van der Waals surface area contributed by atoms with Crippen molar-refractivity contribution in [3.63, 3.8) is 0 Å². The number of hydrogen-bond acceptors (Lipinski definition) is 3. The van der Waals surface area contributed by atoms with Gasteiger partial charge in [-0.25, -0.2) is 0 Å². The molecule has 0 aliphatic rings. The molecule has 0 bridgehead atoms. The highest BCUT2D eigenvalue weighted by Crippen LogP contribution is 2.60. The third kappa shape index (κ3) is 3.71. The van der Waals surface area contributed by atoms with Crippen LogP contribution in [0.1, 0.15) is 37.8 Å². The molecular formula is C14H22NO5P. The zero-order chi connectivity index (χ0) is 16.3. The molecule has 1 aromatic carbocycles. The molecule has 1 rings (SSSR count). The summed E-state index contributed by atoms with van der Waals surface area (Å²) >= 11 is 0. The Labute approximate surface area is 124 Å². The molecule has 0 aliphatic heterocycles. The number of aliphatic carboxylic acids is 1. The van der Waals surface area contributed by atoms with E-state index < -0.39 is 24.8 Å². The van der Waals surface area contributed by atoms with Crippen molar-refractivity contribution in [3.05, 3.63) is 35.4 Å². The van der Waals surface area contributed by atoms with E-state index in [2.05, 4.69) is 0 Å². The lowest BCUT2D eigenvalue weighted by molar-refractivity contribution is -0.138. The molecule has 0 fully saturated rings. The minimum absolute atomic E-state index is 0.177. The van der Waals surface area contributed by atoms with Crippen molar-refractivity contribution in [2.24, 2.45) is 5.73 Å². The predicted molar refractivity (Wildman–Crippen MR) is 80.1 cm³/mol. The fraction of sp³-hybridized carbons (Fsp3) is 0.500. The largest absolute Gasteiger partial charge is 0.480 e. The fourth-order valence-corrected chi connectivity index (χ4v) is 3.84. The van der Waals surface area contributed by atoms with E-state index >= 15 is 0 Å². The number of nitrogens with two attached hydrogens (primary N) is 1. The van der Waals surface area contributed by atoms with Gasteiger partial charge in [0, 0.05) is 0 Å². The third-order valence-electron chi connectivity index (χ3n) is 3.99. The maximum absolute atomic E-state index is 11.9. The van der Waals surface area contributed by atoms with Gasteiger partial charge >= 0.3 is 13.6 Å². The summed E-state index contributed by atoms with van der Waals surface area (Å²) in [6.07, 6.45) is 0.820. The molecule has 0 aliphatic carbocycles. The molecule has 0 heterocycles. The van der Waals surface area contributed by atoms with Gasteiger partial charge in [-0.2, -0.15) is 0 Å². The molecule has 21 heavy (non-hydrogen) atoms. The summed E-state index contributed by atoms with van der Waals surface area (Å²) in [6, 6.07) is 5.66. The van der Waals surface area contributed by atoms with Crippen LogP contribution in [0.15, 0.2) is 24.3 Å². The van der Waals surface area contributed by atoms with E-state index in [9.17, 15) is 19.1 Å². The Balaban J connectivity index is 3.10. The molecule has 118 valence electrons. The van der Waals surface area contributed by atoms with Crippen LogP contribution < -0.4 is 5.73 Å². The van der Waals surface area contributed by atoms with Gasteiger partial charge in [-0.3, -0.25) is 9.36 Å². The Morgan fingerprint density at radius 3 is 2.05 bits per heavy atom. The minimum Gasteiger partial charge on any atom is -0.480 e. The monoisotopic (exact) mass is 315 g/mol. The average molecular weight is 315 g/mol. The summed E-state index contributed by atoms with van der Waals surface area (Å²) in [7, 11) is -4.31. The summed E-state index contributed by atoms with van der Waals surface area (Å²) in [4.78, 5) is 30.1. The van der Waals surface area contributed by atoms with E-state index in [-0.39, 0.29) is 6.42 Å². The van der Waals surface area contributed by atoms with Crippen molar-refractivity contribution in [1.82, 2.24) is 0 Å². The highest BCUT2D eigenvalue weighted by atomic mass is 31.2. The first-order valence-electron chi connectivity index (χ1n) is 6.81. The maximum atomic E-state index is 11.9. The van der Waals surface area contributed by atoms with Crippen LogP contribution in [0.3, 0.4) is 0 Å². The zero-order valence-electron chi connectivity index (χ0n) is 12.2. The predicted octanol–water partition coefficient (Wildman–Crippen LogP) is 1.83. The number of benzene rings is 1. The molecule has 0 saturated carbocycles. The first kappa shape index (κ1) is 17.9. The van der Waals surface area contributed by atoms with Gasteiger partial charge in [-0.1, -0.05) is 38.1 Å². The summed E-state index contributed by atoms with van der Waals surface area (Å²) in [5.41, 5.74) is 6.76. The van der Waals surface area contributed by atoms with Gasteiger partial charge in [0.15, 0.2) is 0 Å². The molecule has 7 heteroatoms. The second-order valence-corrected chi connectivity index (χ2v) is 7.07. The van der Waals surface area contributed by atoms with Crippen LogP contribution in [0.5, 0.6) is 0 Å². The van der Waals surface area contributed by atoms with Crippen molar-refractivity contribution >= 4 is 13.6 Å². The lowest BCUT2D eigenvalue weighted by atomic mass is 9.91. The van der Waals surface area contributed by atoms with Gasteiger partial charge in [0.2, 0.25) is 0 Å². The standard InChI is InChI=1S/C14H22NO5P/c1-3-14(4-2,21(18,19)20)11-7-5-10(6-8-11)9-12(15)13(16)17/h5-8,12H,3-4,9,15H2,1-2H3,(H,16,17)(H2,18,19,20)/t12-/m0/s1. The molecule has 0 amide bonds. The average Bonchev–Trinajstić information content (AvgIpc) is 2.40. The Hall–Kier alpha value is -1.20. The zero-order valence-corrected chi connectivity index (χ0v) is 13.1. The maximum Gasteiger partial charge on any atom is 0.335 e. The van der Waals surface area contributed by atoms with Gasteiger partial charge < -0.3 is 20.6 Å². The number of hydrogen-bond donors (Lipinski definition) is 4. The molecule has 0 unspecified atom stereocenters. The van der Waals surface area contributed by atoms with E-state index in [1.807, 2.05) is 0 Å². The molecule has 5 N–H and O–H groups in total. The highest BCUT2D eigenvalue weighted by Gasteiger charge is 2.45. The molecule has 0 radical (unpaired) electrons. The lowest BCUT2D eigenvalue weighted by Gasteiger charge is -2.33. The van der Waals surface area contributed by atoms with E-state index in [0.717, 1.165) is 5.56 Å². The molecule has 0 saturated heterocycles. The SMILES string of the molecule is CCC(CC)(c1ccc(C[C@H](N)C(=O)O)cc1)P(=O)(O)O. The molecular weight excluding hydrogens is 293 g/mol. The van der Waals surface area contributed by atoms with Crippen LogP contribution >= 0.6 is 7.60 Å².